The molecule has 0 radical (unpaired) electrons. The molecule has 0 saturated carbocycles. The van der Waals surface area contributed by atoms with E-state index in [9.17, 15) is 9.59 Å². The maximum absolute atomic E-state index is 12.2. The van der Waals surface area contributed by atoms with Crippen molar-refractivity contribution in [3.8, 4) is 0 Å². The van der Waals surface area contributed by atoms with E-state index in [1.54, 1.807) is 36.6 Å². The molecule has 0 saturated heterocycles. The van der Waals surface area contributed by atoms with Gasteiger partial charge in [0.2, 0.25) is 0 Å². The Labute approximate surface area is 139 Å². The summed E-state index contributed by atoms with van der Waals surface area (Å²) < 4.78 is 0. The topological polar surface area (TPSA) is 76.3 Å². The number of rotatable bonds is 6. The van der Waals surface area contributed by atoms with Gasteiger partial charge in [0.25, 0.3) is 5.91 Å². The summed E-state index contributed by atoms with van der Waals surface area (Å²) in [7, 11) is 0. The first-order valence-corrected chi connectivity index (χ1v) is 7.95. The lowest BCUT2D eigenvalue weighted by molar-refractivity contribution is -0.126. The molecule has 118 valence electrons. The Balaban J connectivity index is 1.97. The van der Waals surface area contributed by atoms with Crippen molar-refractivity contribution in [2.24, 2.45) is 5.84 Å². The zero-order valence-corrected chi connectivity index (χ0v) is 13.3. The molecule has 1 amide bonds. The van der Waals surface area contributed by atoms with Gasteiger partial charge in [0.05, 0.1) is 10.8 Å². The summed E-state index contributed by atoms with van der Waals surface area (Å²) in [6, 6.07) is 5.47. The first-order valence-electron chi connectivity index (χ1n) is 6.97. The molecule has 5 nitrogen and oxygen atoms in total. The third-order valence-electron chi connectivity index (χ3n) is 3.04. The van der Waals surface area contributed by atoms with Crippen molar-refractivity contribution in [3.63, 3.8) is 0 Å². The predicted molar refractivity (Wildman–Crippen MR) is 91.1 cm³/mol. The molecule has 0 unspecified atom stereocenters. The molecule has 0 atom stereocenters. The van der Waals surface area contributed by atoms with Crippen LogP contribution in [0.4, 0.5) is 0 Å². The Morgan fingerprint density at radius 3 is 2.96 bits per heavy atom. The third kappa shape index (κ3) is 4.77. The van der Waals surface area contributed by atoms with Crippen LogP contribution in [-0.4, -0.2) is 27.4 Å². The van der Waals surface area contributed by atoms with Crippen molar-refractivity contribution in [3.05, 3.63) is 72.6 Å². The van der Waals surface area contributed by atoms with E-state index in [1.807, 2.05) is 12.1 Å². The molecule has 0 spiro atoms. The molecule has 0 fully saturated rings. The number of allylic oxidation sites excluding steroid dienone is 6. The van der Waals surface area contributed by atoms with Crippen molar-refractivity contribution in [2.45, 2.75) is 11.4 Å². The Morgan fingerprint density at radius 1 is 1.43 bits per heavy atom. The summed E-state index contributed by atoms with van der Waals surface area (Å²) in [6.45, 7) is 3.62. The smallest absolute Gasteiger partial charge is 0.251 e. The summed E-state index contributed by atoms with van der Waals surface area (Å²) in [5, 5.41) is 1.69. The first-order chi connectivity index (χ1) is 11.1. The molecular formula is C17H17N3O2S. The number of aromatic nitrogens is 1. The van der Waals surface area contributed by atoms with Gasteiger partial charge in [-0.3, -0.25) is 14.6 Å². The van der Waals surface area contributed by atoms with Gasteiger partial charge in [-0.15, -0.1) is 6.58 Å². The van der Waals surface area contributed by atoms with Crippen molar-refractivity contribution >= 4 is 23.5 Å². The second-order valence-electron chi connectivity index (χ2n) is 4.72. The Morgan fingerprint density at radius 2 is 2.26 bits per heavy atom. The van der Waals surface area contributed by atoms with Crippen molar-refractivity contribution in [1.82, 2.24) is 9.99 Å². The highest BCUT2D eigenvalue weighted by molar-refractivity contribution is 7.99. The normalized spacial score (nSPS) is 15.4. The highest BCUT2D eigenvalue weighted by atomic mass is 32.2. The molecule has 0 bridgehead atoms. The number of pyridine rings is 1. The number of carbonyl (C=O) groups excluding carboxylic acids is 2. The lowest BCUT2D eigenvalue weighted by atomic mass is 9.96. The van der Waals surface area contributed by atoms with Crippen molar-refractivity contribution < 1.29 is 9.59 Å². The second-order valence-corrected chi connectivity index (χ2v) is 5.71. The molecule has 23 heavy (non-hydrogen) atoms. The lowest BCUT2D eigenvalue weighted by Crippen LogP contribution is -2.34. The maximum Gasteiger partial charge on any atom is 0.251 e. The van der Waals surface area contributed by atoms with Gasteiger partial charge in [-0.1, -0.05) is 36.1 Å². The van der Waals surface area contributed by atoms with E-state index in [-0.39, 0.29) is 17.4 Å². The van der Waals surface area contributed by atoms with Crippen LogP contribution in [0.25, 0.3) is 0 Å². The van der Waals surface area contributed by atoms with Crippen LogP contribution in [0, 0.1) is 0 Å². The molecular weight excluding hydrogens is 310 g/mol. The number of hydrogen-bond acceptors (Lipinski definition) is 5. The first kappa shape index (κ1) is 16.9. The Hall–Kier alpha value is -2.44. The van der Waals surface area contributed by atoms with E-state index in [4.69, 9.17) is 5.84 Å². The van der Waals surface area contributed by atoms with Crippen LogP contribution in [-0.2, 0) is 9.59 Å². The SMILES string of the molecule is C=CCC1=CC=C/C(=C/N(N)C(=O)CSc2ccccn2)C1=O. The molecule has 6 heteroatoms. The largest absolute Gasteiger partial charge is 0.289 e. The zero-order valence-electron chi connectivity index (χ0n) is 12.5. The van der Waals surface area contributed by atoms with Crippen LogP contribution in [0.5, 0.6) is 0 Å². The summed E-state index contributed by atoms with van der Waals surface area (Å²) >= 11 is 1.29. The maximum atomic E-state index is 12.2. The molecule has 1 aromatic rings. The van der Waals surface area contributed by atoms with Crippen LogP contribution >= 0.6 is 11.8 Å². The molecule has 0 aromatic carbocycles. The average Bonchev–Trinajstić information content (AvgIpc) is 2.57. The van der Waals surface area contributed by atoms with E-state index in [0.29, 0.717) is 17.6 Å². The van der Waals surface area contributed by atoms with Gasteiger partial charge in [0, 0.05) is 23.5 Å². The Kier molecular flexibility index (Phi) is 6.08. The number of amides is 1. The zero-order chi connectivity index (χ0) is 16.7. The number of nitrogens with two attached hydrogens (primary N) is 1. The molecule has 1 aliphatic rings. The van der Waals surface area contributed by atoms with Gasteiger partial charge in [-0.05, 0) is 24.6 Å². The van der Waals surface area contributed by atoms with E-state index in [1.165, 1.54) is 18.0 Å². The Bertz CT molecular complexity index is 693. The summed E-state index contributed by atoms with van der Waals surface area (Å²) in [4.78, 5) is 28.4. The predicted octanol–water partition coefficient (Wildman–Crippen LogP) is 2.40. The standard InChI is InChI=1S/C17H17N3O2S/c1-2-6-13-7-5-8-14(17(13)22)11-20(18)16(21)12-23-15-9-3-4-10-19-15/h2-5,7-11H,1,6,12,18H2/b14-11-. The van der Waals surface area contributed by atoms with Gasteiger partial charge in [0.1, 0.15) is 0 Å². The molecule has 0 aliphatic heterocycles. The van der Waals surface area contributed by atoms with Crippen molar-refractivity contribution in [2.75, 3.05) is 5.75 Å². The minimum Gasteiger partial charge on any atom is -0.289 e. The molecule has 2 rings (SSSR count). The fourth-order valence-electron chi connectivity index (χ4n) is 1.89. The van der Waals surface area contributed by atoms with Crippen LogP contribution < -0.4 is 5.84 Å². The van der Waals surface area contributed by atoms with Crippen LogP contribution in [0.3, 0.4) is 0 Å². The average molecular weight is 327 g/mol. The molecule has 1 aliphatic carbocycles. The number of hydrazine groups is 1. The van der Waals surface area contributed by atoms with E-state index < -0.39 is 0 Å². The molecule has 2 N–H and O–H groups in total. The van der Waals surface area contributed by atoms with Gasteiger partial charge in [0.15, 0.2) is 5.78 Å². The fraction of sp³-hybridized carbons (Fsp3) is 0.118. The van der Waals surface area contributed by atoms with Gasteiger partial charge >= 0.3 is 0 Å². The minimum absolute atomic E-state index is 0.143. The van der Waals surface area contributed by atoms with E-state index in [0.717, 1.165) is 10.0 Å². The minimum atomic E-state index is -0.311. The summed E-state index contributed by atoms with van der Waals surface area (Å²) in [5.41, 5.74) is 1.00. The lowest BCUT2D eigenvalue weighted by Gasteiger charge is -2.15. The van der Waals surface area contributed by atoms with Crippen molar-refractivity contribution in [1.29, 1.82) is 0 Å². The molecule has 1 aromatic heterocycles. The number of thioether (sulfide) groups is 1. The molecule has 1 heterocycles. The monoisotopic (exact) mass is 327 g/mol. The number of carbonyl (C=O) groups is 2. The number of ketones is 1. The second kappa shape index (κ2) is 8.26. The number of hydrogen-bond donors (Lipinski definition) is 1. The summed E-state index contributed by atoms with van der Waals surface area (Å²) in [6.07, 6.45) is 10.3. The quantitative estimate of drug-likeness (QED) is 0.217. The van der Waals surface area contributed by atoms with E-state index >= 15 is 0 Å². The van der Waals surface area contributed by atoms with Gasteiger partial charge in [-0.25, -0.2) is 10.8 Å². The van der Waals surface area contributed by atoms with Crippen LogP contribution in [0.15, 0.2) is 77.7 Å². The fourth-order valence-corrected chi connectivity index (χ4v) is 2.62. The number of Topliss-reactive ketones (excluding diaryl/α,β-unsaturated/α-hetero) is 1. The van der Waals surface area contributed by atoms with Crippen LogP contribution in [0.1, 0.15) is 6.42 Å². The van der Waals surface area contributed by atoms with Crippen LogP contribution in [0.2, 0.25) is 0 Å². The highest BCUT2D eigenvalue weighted by Gasteiger charge is 2.17. The van der Waals surface area contributed by atoms with E-state index in [2.05, 4.69) is 11.6 Å². The summed E-state index contributed by atoms with van der Waals surface area (Å²) in [5.74, 6) is 5.43. The van der Waals surface area contributed by atoms with Gasteiger partial charge in [-0.2, -0.15) is 0 Å². The highest BCUT2D eigenvalue weighted by Crippen LogP contribution is 2.18. The number of nitrogens with zero attached hydrogens (tertiary/aromatic N) is 2. The van der Waals surface area contributed by atoms with Gasteiger partial charge < -0.3 is 0 Å². The third-order valence-corrected chi connectivity index (χ3v) is 3.97.